The van der Waals surface area contributed by atoms with E-state index in [2.05, 4.69) is 4.90 Å². The Morgan fingerprint density at radius 2 is 2.08 bits per heavy atom. The molecule has 1 aliphatic rings. The van der Waals surface area contributed by atoms with Crippen molar-refractivity contribution in [1.29, 1.82) is 0 Å². The molecule has 0 saturated carbocycles. The number of carbonyl (C=O) groups excluding carboxylic acids is 1. The number of ether oxygens (including phenoxy) is 2. The molecule has 0 N–H and O–H groups in total. The topological polar surface area (TPSA) is 51.7 Å². The van der Waals surface area contributed by atoms with Gasteiger partial charge in [0.25, 0.3) is 0 Å². The van der Waals surface area contributed by atoms with Crippen molar-refractivity contribution in [2.75, 3.05) is 31.7 Å². The van der Waals surface area contributed by atoms with Gasteiger partial charge in [0.05, 0.1) is 19.4 Å². The van der Waals surface area contributed by atoms with Crippen LogP contribution in [-0.4, -0.2) is 37.8 Å². The van der Waals surface area contributed by atoms with E-state index in [4.69, 9.17) is 14.5 Å². The lowest BCUT2D eigenvalue weighted by Crippen LogP contribution is -2.31. The van der Waals surface area contributed by atoms with Crippen molar-refractivity contribution < 1.29 is 14.3 Å². The minimum absolute atomic E-state index is 0.176. The summed E-state index contributed by atoms with van der Waals surface area (Å²) in [7, 11) is 1.66. The molecular weight excluding hydrogens is 324 g/mol. The highest BCUT2D eigenvalue weighted by Gasteiger charge is 2.23. The van der Waals surface area contributed by atoms with E-state index >= 15 is 0 Å². The van der Waals surface area contributed by atoms with E-state index < -0.39 is 0 Å². The third kappa shape index (κ3) is 3.70. The van der Waals surface area contributed by atoms with Crippen LogP contribution >= 0.6 is 11.3 Å². The number of esters is 1. The summed E-state index contributed by atoms with van der Waals surface area (Å²) in [4.78, 5) is 18.8. The molecule has 2 heterocycles. The monoisotopic (exact) mass is 346 g/mol. The number of nitrogens with zero attached hydrogens (tertiary/aromatic N) is 2. The number of hydrogen-bond acceptors (Lipinski definition) is 6. The average molecular weight is 346 g/mol. The van der Waals surface area contributed by atoms with Crippen LogP contribution in [0.2, 0.25) is 0 Å². The zero-order valence-electron chi connectivity index (χ0n) is 14.1. The van der Waals surface area contributed by atoms with Crippen molar-refractivity contribution in [2.24, 2.45) is 0 Å². The number of thiazole rings is 1. The number of benzene rings is 1. The molecule has 0 fully saturated rings. The number of fused-ring (bicyclic) bond motifs is 1. The number of methoxy groups -OCH3 is 1. The summed E-state index contributed by atoms with van der Waals surface area (Å²) in [5.74, 6) is 0.658. The second kappa shape index (κ2) is 7.66. The predicted octanol–water partition coefficient (Wildman–Crippen LogP) is 3.52. The van der Waals surface area contributed by atoms with Gasteiger partial charge in [-0.25, -0.2) is 4.98 Å². The summed E-state index contributed by atoms with van der Waals surface area (Å²) in [5.41, 5.74) is 2.16. The van der Waals surface area contributed by atoms with Gasteiger partial charge in [0.1, 0.15) is 22.3 Å². The van der Waals surface area contributed by atoms with Crippen LogP contribution in [0.4, 0.5) is 5.00 Å². The summed E-state index contributed by atoms with van der Waals surface area (Å²) < 4.78 is 10.3. The first kappa shape index (κ1) is 16.8. The predicted molar refractivity (Wildman–Crippen MR) is 95.9 cm³/mol. The summed E-state index contributed by atoms with van der Waals surface area (Å²) in [6, 6.07) is 7.93. The average Bonchev–Trinajstić information content (AvgIpc) is 2.93. The molecule has 6 heteroatoms. The van der Waals surface area contributed by atoms with Crippen LogP contribution in [0.15, 0.2) is 24.3 Å². The molecule has 128 valence electrons. The highest BCUT2D eigenvalue weighted by atomic mass is 32.1. The van der Waals surface area contributed by atoms with Crippen molar-refractivity contribution in [2.45, 2.75) is 26.2 Å². The standard InChI is InChI=1S/C18H22N2O3S/c1-3-23-16(21)12-20-11-5-4-6-15-18(20)24-17(19-15)13-7-9-14(22-2)10-8-13/h7-10H,3-6,11-12H2,1-2H3. The maximum atomic E-state index is 11.9. The first-order valence-corrected chi connectivity index (χ1v) is 9.07. The van der Waals surface area contributed by atoms with E-state index in [1.807, 2.05) is 31.2 Å². The van der Waals surface area contributed by atoms with Gasteiger partial charge in [-0.15, -0.1) is 0 Å². The first-order chi connectivity index (χ1) is 11.7. The van der Waals surface area contributed by atoms with E-state index in [9.17, 15) is 4.79 Å². The molecule has 1 aromatic carbocycles. The van der Waals surface area contributed by atoms with Crippen LogP contribution in [0.1, 0.15) is 25.5 Å². The Labute approximate surface area is 146 Å². The molecule has 1 aliphatic heterocycles. The van der Waals surface area contributed by atoms with E-state index in [1.165, 1.54) is 0 Å². The normalized spacial score (nSPS) is 14.0. The molecule has 0 saturated heterocycles. The van der Waals surface area contributed by atoms with Crippen LogP contribution in [-0.2, 0) is 16.0 Å². The van der Waals surface area contributed by atoms with Gasteiger partial charge in [0.15, 0.2) is 0 Å². The van der Waals surface area contributed by atoms with Gasteiger partial charge in [-0.2, -0.15) is 0 Å². The van der Waals surface area contributed by atoms with E-state index in [0.29, 0.717) is 13.2 Å². The van der Waals surface area contributed by atoms with Crippen molar-refractivity contribution >= 4 is 22.3 Å². The summed E-state index contributed by atoms with van der Waals surface area (Å²) in [6.45, 7) is 3.42. The smallest absolute Gasteiger partial charge is 0.325 e. The van der Waals surface area contributed by atoms with Crippen molar-refractivity contribution in [1.82, 2.24) is 4.98 Å². The third-order valence-electron chi connectivity index (χ3n) is 4.02. The van der Waals surface area contributed by atoms with E-state index in [0.717, 1.165) is 52.8 Å². The lowest BCUT2D eigenvalue weighted by atomic mass is 10.2. The zero-order chi connectivity index (χ0) is 16.9. The number of aromatic nitrogens is 1. The largest absolute Gasteiger partial charge is 0.497 e. The number of hydrogen-bond donors (Lipinski definition) is 0. The SMILES string of the molecule is CCOC(=O)CN1CCCCc2nc(-c3ccc(OC)cc3)sc21. The van der Waals surface area contributed by atoms with Gasteiger partial charge in [0.2, 0.25) is 0 Å². The van der Waals surface area contributed by atoms with Crippen molar-refractivity contribution in [3.05, 3.63) is 30.0 Å². The minimum Gasteiger partial charge on any atom is -0.497 e. The van der Waals surface area contributed by atoms with Crippen LogP contribution in [0.3, 0.4) is 0 Å². The molecule has 3 rings (SSSR count). The Balaban J connectivity index is 1.86. The highest BCUT2D eigenvalue weighted by molar-refractivity contribution is 7.19. The Bertz CT molecular complexity index is 697. The molecule has 24 heavy (non-hydrogen) atoms. The molecule has 0 atom stereocenters. The Hall–Kier alpha value is -2.08. The number of anilines is 1. The molecule has 5 nitrogen and oxygen atoms in total. The van der Waals surface area contributed by atoms with Gasteiger partial charge < -0.3 is 14.4 Å². The molecular formula is C18H22N2O3S. The lowest BCUT2D eigenvalue weighted by molar-refractivity contribution is -0.141. The number of rotatable bonds is 5. The second-order valence-corrected chi connectivity index (χ2v) is 6.66. The van der Waals surface area contributed by atoms with Crippen LogP contribution in [0.25, 0.3) is 10.6 Å². The number of aryl methyl sites for hydroxylation is 1. The Morgan fingerprint density at radius 1 is 1.29 bits per heavy atom. The summed E-state index contributed by atoms with van der Waals surface area (Å²) in [6.07, 6.45) is 3.12. The van der Waals surface area contributed by atoms with E-state index in [1.54, 1.807) is 18.4 Å². The molecule has 0 aliphatic carbocycles. The highest BCUT2D eigenvalue weighted by Crippen LogP contribution is 2.37. The summed E-state index contributed by atoms with van der Waals surface area (Å²) >= 11 is 1.65. The second-order valence-electron chi connectivity index (χ2n) is 5.68. The molecule has 0 radical (unpaired) electrons. The first-order valence-electron chi connectivity index (χ1n) is 8.26. The molecule has 0 unspecified atom stereocenters. The number of carbonyl (C=O) groups is 1. The van der Waals surface area contributed by atoms with Gasteiger partial charge >= 0.3 is 5.97 Å². The zero-order valence-corrected chi connectivity index (χ0v) is 14.9. The van der Waals surface area contributed by atoms with Gasteiger partial charge in [-0.05, 0) is 50.5 Å². The molecule has 1 aromatic heterocycles. The Kier molecular flexibility index (Phi) is 5.35. The quantitative estimate of drug-likeness (QED) is 0.775. The lowest BCUT2D eigenvalue weighted by Gasteiger charge is -2.20. The molecule has 0 spiro atoms. The van der Waals surface area contributed by atoms with E-state index in [-0.39, 0.29) is 5.97 Å². The van der Waals surface area contributed by atoms with Crippen LogP contribution in [0.5, 0.6) is 5.75 Å². The van der Waals surface area contributed by atoms with Gasteiger partial charge in [-0.3, -0.25) is 4.79 Å². The fourth-order valence-corrected chi connectivity index (χ4v) is 3.96. The maximum Gasteiger partial charge on any atom is 0.325 e. The summed E-state index contributed by atoms with van der Waals surface area (Å²) in [5, 5.41) is 2.09. The Morgan fingerprint density at radius 3 is 2.79 bits per heavy atom. The fourth-order valence-electron chi connectivity index (χ4n) is 2.82. The molecule has 0 bridgehead atoms. The van der Waals surface area contributed by atoms with Crippen LogP contribution in [0, 0.1) is 0 Å². The van der Waals surface area contributed by atoms with Crippen LogP contribution < -0.4 is 9.64 Å². The third-order valence-corrected chi connectivity index (χ3v) is 5.23. The van der Waals surface area contributed by atoms with Crippen molar-refractivity contribution in [3.63, 3.8) is 0 Å². The minimum atomic E-state index is -0.176. The molecule has 2 aromatic rings. The van der Waals surface area contributed by atoms with Gasteiger partial charge in [-0.1, -0.05) is 11.3 Å². The molecule has 0 amide bonds. The fraction of sp³-hybridized carbons (Fsp3) is 0.444. The maximum absolute atomic E-state index is 11.9. The van der Waals surface area contributed by atoms with Crippen molar-refractivity contribution in [3.8, 4) is 16.3 Å². The van der Waals surface area contributed by atoms with Gasteiger partial charge in [0, 0.05) is 12.1 Å².